The van der Waals surface area contributed by atoms with Gasteiger partial charge in [0, 0.05) is 12.7 Å². The molecule has 1 amide bonds. The van der Waals surface area contributed by atoms with Crippen molar-refractivity contribution >= 4 is 11.6 Å². The summed E-state index contributed by atoms with van der Waals surface area (Å²) in [4.78, 5) is 13.2. The lowest BCUT2D eigenvalue weighted by Gasteiger charge is -2.22. The molecule has 0 saturated heterocycles. The number of aliphatic hydroxyl groups excluding tert-OH is 1. The summed E-state index contributed by atoms with van der Waals surface area (Å²) in [6, 6.07) is 3.90. The third-order valence-electron chi connectivity index (χ3n) is 3.08. The van der Waals surface area contributed by atoms with Gasteiger partial charge in [-0.15, -0.1) is 0 Å². The molecule has 3 nitrogen and oxygen atoms in total. The number of rotatable bonds is 2. The fraction of sp³-hybridized carbons (Fsp3) is 0.462. The molecular formula is C13H19NO2. The Balaban J connectivity index is 3.15. The van der Waals surface area contributed by atoms with E-state index >= 15 is 0 Å². The van der Waals surface area contributed by atoms with Crippen LogP contribution in [0.2, 0.25) is 0 Å². The average Bonchev–Trinajstić information content (AvgIpc) is 2.24. The van der Waals surface area contributed by atoms with E-state index in [1.165, 1.54) is 23.0 Å². The lowest BCUT2D eigenvalue weighted by Crippen LogP contribution is -2.35. The summed E-state index contributed by atoms with van der Waals surface area (Å²) < 4.78 is 0. The Hall–Kier alpha value is -1.35. The number of nitrogens with zero attached hydrogens (tertiary/aromatic N) is 1. The Labute approximate surface area is 96.7 Å². The van der Waals surface area contributed by atoms with Gasteiger partial charge in [0.15, 0.2) is 0 Å². The van der Waals surface area contributed by atoms with Gasteiger partial charge in [0.2, 0.25) is 0 Å². The number of anilines is 1. The number of likely N-dealkylation sites (N-methyl/N-ethyl adjacent to an activating group) is 1. The summed E-state index contributed by atoms with van der Waals surface area (Å²) in [6.45, 7) is 7.55. The monoisotopic (exact) mass is 221 g/mol. The minimum absolute atomic E-state index is 0.286. The number of amides is 1. The molecule has 0 aliphatic rings. The molecule has 0 spiro atoms. The van der Waals surface area contributed by atoms with E-state index in [4.69, 9.17) is 0 Å². The Kier molecular flexibility index (Phi) is 3.70. The van der Waals surface area contributed by atoms with Gasteiger partial charge in [-0.1, -0.05) is 6.07 Å². The molecule has 16 heavy (non-hydrogen) atoms. The lowest BCUT2D eigenvalue weighted by atomic mass is 10.0. The van der Waals surface area contributed by atoms with Crippen molar-refractivity contribution in [1.82, 2.24) is 0 Å². The summed E-state index contributed by atoms with van der Waals surface area (Å²) in [6.07, 6.45) is -0.967. The molecule has 0 radical (unpaired) electrons. The van der Waals surface area contributed by atoms with Gasteiger partial charge in [-0.25, -0.2) is 0 Å². The van der Waals surface area contributed by atoms with Crippen LogP contribution < -0.4 is 4.90 Å². The molecule has 0 fully saturated rings. The van der Waals surface area contributed by atoms with Crippen LogP contribution in [-0.2, 0) is 4.79 Å². The van der Waals surface area contributed by atoms with Crippen LogP contribution in [0.4, 0.5) is 5.69 Å². The highest BCUT2D eigenvalue weighted by Crippen LogP contribution is 2.24. The fourth-order valence-corrected chi connectivity index (χ4v) is 1.70. The smallest absolute Gasteiger partial charge is 0.255 e. The van der Waals surface area contributed by atoms with Crippen molar-refractivity contribution in [3.8, 4) is 0 Å². The minimum atomic E-state index is -0.967. The highest BCUT2D eigenvalue weighted by molar-refractivity contribution is 5.96. The van der Waals surface area contributed by atoms with E-state index in [0.29, 0.717) is 0 Å². The van der Waals surface area contributed by atoms with Crippen molar-refractivity contribution in [3.63, 3.8) is 0 Å². The van der Waals surface area contributed by atoms with Gasteiger partial charge >= 0.3 is 0 Å². The second kappa shape index (κ2) is 4.66. The van der Waals surface area contributed by atoms with Gasteiger partial charge < -0.3 is 10.0 Å². The number of aryl methyl sites for hydroxylation is 1. The van der Waals surface area contributed by atoms with Crippen molar-refractivity contribution in [2.45, 2.75) is 33.8 Å². The van der Waals surface area contributed by atoms with Crippen molar-refractivity contribution in [2.24, 2.45) is 0 Å². The van der Waals surface area contributed by atoms with Crippen LogP contribution in [0.1, 0.15) is 23.6 Å². The Morgan fingerprint density at radius 1 is 1.25 bits per heavy atom. The number of hydrogen-bond acceptors (Lipinski definition) is 2. The van der Waals surface area contributed by atoms with Crippen LogP contribution in [0.25, 0.3) is 0 Å². The average molecular weight is 221 g/mol. The van der Waals surface area contributed by atoms with Crippen LogP contribution in [0.5, 0.6) is 0 Å². The molecule has 3 heteroatoms. The third-order valence-corrected chi connectivity index (χ3v) is 3.08. The third kappa shape index (κ3) is 2.25. The van der Waals surface area contributed by atoms with Crippen LogP contribution in [0.15, 0.2) is 12.1 Å². The highest BCUT2D eigenvalue weighted by Gasteiger charge is 2.18. The predicted molar refractivity (Wildman–Crippen MR) is 65.7 cm³/mol. The van der Waals surface area contributed by atoms with Gasteiger partial charge in [-0.3, -0.25) is 4.79 Å². The molecule has 88 valence electrons. The highest BCUT2D eigenvalue weighted by atomic mass is 16.3. The van der Waals surface area contributed by atoms with Gasteiger partial charge in [0.1, 0.15) is 6.10 Å². The lowest BCUT2D eigenvalue weighted by molar-refractivity contribution is -0.125. The molecule has 0 heterocycles. The van der Waals surface area contributed by atoms with Gasteiger partial charge in [0.05, 0.1) is 0 Å². The van der Waals surface area contributed by atoms with Crippen molar-refractivity contribution in [3.05, 3.63) is 28.8 Å². The maximum absolute atomic E-state index is 11.7. The number of benzene rings is 1. The van der Waals surface area contributed by atoms with E-state index in [1.54, 1.807) is 7.05 Å². The zero-order valence-electron chi connectivity index (χ0n) is 10.5. The number of hydrogen-bond donors (Lipinski definition) is 1. The van der Waals surface area contributed by atoms with Crippen molar-refractivity contribution in [1.29, 1.82) is 0 Å². The first-order valence-electron chi connectivity index (χ1n) is 5.38. The molecule has 1 rings (SSSR count). The molecule has 1 atom stereocenters. The van der Waals surface area contributed by atoms with E-state index in [-0.39, 0.29) is 5.91 Å². The summed E-state index contributed by atoms with van der Waals surface area (Å²) in [5.74, 6) is -0.286. The molecule has 0 aliphatic carbocycles. The molecule has 0 aromatic heterocycles. The quantitative estimate of drug-likeness (QED) is 0.829. The first kappa shape index (κ1) is 12.7. The van der Waals surface area contributed by atoms with E-state index in [1.807, 2.05) is 32.9 Å². The Morgan fingerprint density at radius 3 is 2.31 bits per heavy atom. The summed E-state index contributed by atoms with van der Waals surface area (Å²) in [7, 11) is 1.69. The van der Waals surface area contributed by atoms with Crippen LogP contribution in [0, 0.1) is 20.8 Å². The summed E-state index contributed by atoms with van der Waals surface area (Å²) in [5.41, 5.74) is 4.33. The zero-order chi connectivity index (χ0) is 12.5. The van der Waals surface area contributed by atoms with E-state index in [0.717, 1.165) is 11.3 Å². The van der Waals surface area contributed by atoms with E-state index in [9.17, 15) is 9.90 Å². The molecule has 1 unspecified atom stereocenters. The van der Waals surface area contributed by atoms with Crippen LogP contribution in [-0.4, -0.2) is 24.2 Å². The fourth-order valence-electron chi connectivity index (χ4n) is 1.70. The molecule has 1 N–H and O–H groups in total. The Bertz CT molecular complexity index is 411. The van der Waals surface area contributed by atoms with Gasteiger partial charge in [-0.05, 0) is 50.5 Å². The second-order valence-corrected chi connectivity index (χ2v) is 4.22. The number of carbonyl (C=O) groups excluding carboxylic acids is 1. The Morgan fingerprint density at radius 2 is 1.81 bits per heavy atom. The molecule has 0 bridgehead atoms. The van der Waals surface area contributed by atoms with Crippen LogP contribution in [0.3, 0.4) is 0 Å². The van der Waals surface area contributed by atoms with Gasteiger partial charge in [0.25, 0.3) is 5.91 Å². The second-order valence-electron chi connectivity index (χ2n) is 4.22. The molecule has 0 saturated carbocycles. The van der Waals surface area contributed by atoms with E-state index in [2.05, 4.69) is 0 Å². The summed E-state index contributed by atoms with van der Waals surface area (Å²) >= 11 is 0. The number of aliphatic hydroxyl groups is 1. The maximum Gasteiger partial charge on any atom is 0.255 e. The first-order chi connectivity index (χ1) is 7.36. The standard InChI is InChI=1S/C13H19NO2/c1-8-6-7-12(10(3)9(8)2)14(5)13(16)11(4)15/h6-7,11,15H,1-5H3. The largest absolute Gasteiger partial charge is 0.384 e. The molecule has 1 aromatic carbocycles. The topological polar surface area (TPSA) is 40.5 Å². The van der Waals surface area contributed by atoms with Crippen LogP contribution >= 0.6 is 0 Å². The molecule has 1 aromatic rings. The first-order valence-corrected chi connectivity index (χ1v) is 5.38. The number of carbonyl (C=O) groups is 1. The SMILES string of the molecule is Cc1ccc(N(C)C(=O)C(C)O)c(C)c1C. The molecular weight excluding hydrogens is 202 g/mol. The summed E-state index contributed by atoms with van der Waals surface area (Å²) in [5, 5.41) is 9.28. The normalized spacial score (nSPS) is 12.4. The predicted octanol–water partition coefficient (Wildman–Crippen LogP) is 1.96. The van der Waals surface area contributed by atoms with Crippen molar-refractivity contribution in [2.75, 3.05) is 11.9 Å². The molecule has 0 aliphatic heterocycles. The minimum Gasteiger partial charge on any atom is -0.384 e. The maximum atomic E-state index is 11.7. The van der Waals surface area contributed by atoms with E-state index < -0.39 is 6.10 Å². The van der Waals surface area contributed by atoms with Gasteiger partial charge in [-0.2, -0.15) is 0 Å². The zero-order valence-corrected chi connectivity index (χ0v) is 10.5. The van der Waals surface area contributed by atoms with Crippen molar-refractivity contribution < 1.29 is 9.90 Å².